The van der Waals surface area contributed by atoms with Crippen LogP contribution in [0.5, 0.6) is 5.88 Å². The minimum Gasteiger partial charge on any atom is -0.471 e. The zero-order valence-electron chi connectivity index (χ0n) is 11.1. The standard InChI is InChI=1S/C14H16N4O2/c19-14(11-17-6-1-2-7-17)18-8-3-12(10-18)20-13-9-15-4-5-16-13/h1-2,4-7,9,12H,3,8,10-11H2/t12-/m0/s1. The fourth-order valence-electron chi connectivity index (χ4n) is 2.30. The Morgan fingerprint density at radius 1 is 1.35 bits per heavy atom. The molecule has 0 aliphatic carbocycles. The number of hydrogen-bond acceptors (Lipinski definition) is 4. The zero-order chi connectivity index (χ0) is 13.8. The molecule has 0 radical (unpaired) electrons. The molecule has 2 aromatic rings. The summed E-state index contributed by atoms with van der Waals surface area (Å²) in [5.41, 5.74) is 0. The first kappa shape index (κ1) is 12.7. The van der Waals surface area contributed by atoms with E-state index in [0.29, 0.717) is 19.0 Å². The minimum absolute atomic E-state index is 0.000289. The maximum atomic E-state index is 12.1. The Hall–Kier alpha value is -2.37. The van der Waals surface area contributed by atoms with Crippen LogP contribution in [0.25, 0.3) is 0 Å². The highest BCUT2D eigenvalue weighted by atomic mass is 16.5. The summed E-state index contributed by atoms with van der Waals surface area (Å²) in [5, 5.41) is 0. The summed E-state index contributed by atoms with van der Waals surface area (Å²) < 4.78 is 7.59. The fourth-order valence-corrected chi connectivity index (χ4v) is 2.30. The van der Waals surface area contributed by atoms with Crippen LogP contribution < -0.4 is 4.74 Å². The second-order valence-corrected chi connectivity index (χ2v) is 4.77. The van der Waals surface area contributed by atoms with E-state index >= 15 is 0 Å². The first-order valence-corrected chi connectivity index (χ1v) is 6.62. The molecule has 1 aliphatic heterocycles. The monoisotopic (exact) mass is 272 g/mol. The van der Waals surface area contributed by atoms with Crippen molar-refractivity contribution in [3.8, 4) is 5.88 Å². The lowest BCUT2D eigenvalue weighted by Gasteiger charge is -2.17. The highest BCUT2D eigenvalue weighted by molar-refractivity contribution is 5.76. The molecule has 104 valence electrons. The Labute approximate surface area is 117 Å². The summed E-state index contributed by atoms with van der Waals surface area (Å²) in [5.74, 6) is 0.628. The molecule has 6 nitrogen and oxygen atoms in total. The molecular formula is C14H16N4O2. The van der Waals surface area contributed by atoms with E-state index < -0.39 is 0 Å². The molecule has 0 aromatic carbocycles. The predicted octanol–water partition coefficient (Wildman–Crippen LogP) is 0.958. The Morgan fingerprint density at radius 3 is 2.95 bits per heavy atom. The normalized spacial score (nSPS) is 18.2. The van der Waals surface area contributed by atoms with Crippen LogP contribution in [0.1, 0.15) is 6.42 Å². The Kier molecular flexibility index (Phi) is 3.62. The van der Waals surface area contributed by atoms with Gasteiger partial charge in [0.25, 0.3) is 0 Å². The summed E-state index contributed by atoms with van der Waals surface area (Å²) in [6.07, 6.45) is 9.40. The molecule has 0 saturated carbocycles. The first-order valence-electron chi connectivity index (χ1n) is 6.62. The second-order valence-electron chi connectivity index (χ2n) is 4.77. The van der Waals surface area contributed by atoms with E-state index in [2.05, 4.69) is 9.97 Å². The van der Waals surface area contributed by atoms with Gasteiger partial charge in [-0.25, -0.2) is 4.98 Å². The van der Waals surface area contributed by atoms with Crippen LogP contribution in [0.3, 0.4) is 0 Å². The second kappa shape index (κ2) is 5.73. The van der Waals surface area contributed by atoms with E-state index in [9.17, 15) is 4.79 Å². The molecule has 2 aromatic heterocycles. The van der Waals surface area contributed by atoms with Crippen molar-refractivity contribution in [1.82, 2.24) is 19.4 Å². The van der Waals surface area contributed by atoms with Crippen LogP contribution >= 0.6 is 0 Å². The van der Waals surface area contributed by atoms with Crippen molar-refractivity contribution in [2.45, 2.75) is 19.1 Å². The molecule has 20 heavy (non-hydrogen) atoms. The summed E-state index contributed by atoms with van der Waals surface area (Å²) >= 11 is 0. The maximum Gasteiger partial charge on any atom is 0.242 e. The van der Waals surface area contributed by atoms with Crippen molar-refractivity contribution >= 4 is 5.91 Å². The van der Waals surface area contributed by atoms with Crippen LogP contribution in [0.4, 0.5) is 0 Å². The Bertz CT molecular complexity index is 556. The van der Waals surface area contributed by atoms with E-state index in [0.717, 1.165) is 13.0 Å². The molecule has 1 saturated heterocycles. The largest absolute Gasteiger partial charge is 0.471 e. The van der Waals surface area contributed by atoms with Crippen LogP contribution in [0, 0.1) is 0 Å². The number of carbonyl (C=O) groups is 1. The average Bonchev–Trinajstić information content (AvgIpc) is 3.11. The number of hydrogen-bond donors (Lipinski definition) is 0. The molecule has 6 heteroatoms. The molecule has 1 atom stereocenters. The van der Waals surface area contributed by atoms with Crippen LogP contribution in [0.2, 0.25) is 0 Å². The predicted molar refractivity (Wildman–Crippen MR) is 72.1 cm³/mol. The van der Waals surface area contributed by atoms with Gasteiger partial charge in [0.05, 0.1) is 12.7 Å². The van der Waals surface area contributed by atoms with Crippen LogP contribution in [0.15, 0.2) is 43.1 Å². The lowest BCUT2D eigenvalue weighted by molar-refractivity contribution is -0.131. The number of nitrogens with zero attached hydrogens (tertiary/aromatic N) is 4. The van der Waals surface area contributed by atoms with Gasteiger partial charge in [0, 0.05) is 37.8 Å². The van der Waals surface area contributed by atoms with E-state index in [1.54, 1.807) is 18.6 Å². The highest BCUT2D eigenvalue weighted by Gasteiger charge is 2.27. The van der Waals surface area contributed by atoms with E-state index in [1.807, 2.05) is 34.0 Å². The highest BCUT2D eigenvalue weighted by Crippen LogP contribution is 2.16. The first-order chi connectivity index (χ1) is 9.81. The molecule has 0 unspecified atom stereocenters. The lowest BCUT2D eigenvalue weighted by Crippen LogP contribution is -2.33. The molecule has 0 bridgehead atoms. The summed E-state index contributed by atoms with van der Waals surface area (Å²) in [4.78, 5) is 22.0. The van der Waals surface area contributed by atoms with Crippen LogP contribution in [-0.4, -0.2) is 44.5 Å². The smallest absolute Gasteiger partial charge is 0.242 e. The van der Waals surface area contributed by atoms with Crippen molar-refractivity contribution in [3.63, 3.8) is 0 Å². The molecule has 3 rings (SSSR count). The third-order valence-electron chi connectivity index (χ3n) is 3.31. The third kappa shape index (κ3) is 2.96. The molecule has 1 fully saturated rings. The van der Waals surface area contributed by atoms with Gasteiger partial charge in [-0.15, -0.1) is 0 Å². The SMILES string of the molecule is O=C(Cn1cccc1)N1CC[C@H](Oc2cnccn2)C1. The number of amides is 1. The molecule has 0 N–H and O–H groups in total. The molecule has 0 spiro atoms. The van der Waals surface area contributed by atoms with Gasteiger partial charge < -0.3 is 14.2 Å². The van der Waals surface area contributed by atoms with E-state index in [4.69, 9.17) is 4.74 Å². The number of rotatable bonds is 4. The maximum absolute atomic E-state index is 12.1. The Balaban J connectivity index is 1.53. The topological polar surface area (TPSA) is 60.2 Å². The van der Waals surface area contributed by atoms with Crippen LogP contribution in [-0.2, 0) is 11.3 Å². The van der Waals surface area contributed by atoms with Gasteiger partial charge in [-0.05, 0) is 12.1 Å². The molecule has 1 amide bonds. The van der Waals surface area contributed by atoms with Crippen molar-refractivity contribution in [2.24, 2.45) is 0 Å². The third-order valence-corrected chi connectivity index (χ3v) is 3.31. The van der Waals surface area contributed by atoms with Gasteiger partial charge in [0.2, 0.25) is 11.8 Å². The number of ether oxygens (including phenoxy) is 1. The number of carbonyl (C=O) groups excluding carboxylic acids is 1. The van der Waals surface area contributed by atoms with Crippen molar-refractivity contribution in [3.05, 3.63) is 43.1 Å². The van der Waals surface area contributed by atoms with Gasteiger partial charge in [-0.3, -0.25) is 9.78 Å². The summed E-state index contributed by atoms with van der Waals surface area (Å²) in [7, 11) is 0. The summed E-state index contributed by atoms with van der Waals surface area (Å²) in [6.45, 7) is 1.71. The minimum atomic E-state index is 0.000289. The van der Waals surface area contributed by atoms with Crippen molar-refractivity contribution < 1.29 is 9.53 Å². The van der Waals surface area contributed by atoms with Gasteiger partial charge in [0.15, 0.2) is 0 Å². The van der Waals surface area contributed by atoms with Crippen molar-refractivity contribution in [1.29, 1.82) is 0 Å². The van der Waals surface area contributed by atoms with Crippen molar-refractivity contribution in [2.75, 3.05) is 13.1 Å². The fraction of sp³-hybridized carbons (Fsp3) is 0.357. The number of aromatic nitrogens is 3. The molecule has 1 aliphatic rings. The summed E-state index contributed by atoms with van der Waals surface area (Å²) in [6, 6.07) is 3.83. The van der Waals surface area contributed by atoms with Gasteiger partial charge >= 0.3 is 0 Å². The van der Waals surface area contributed by atoms with E-state index in [1.165, 1.54) is 0 Å². The zero-order valence-corrected chi connectivity index (χ0v) is 11.1. The van der Waals surface area contributed by atoms with Gasteiger partial charge in [-0.1, -0.05) is 0 Å². The average molecular weight is 272 g/mol. The quantitative estimate of drug-likeness (QED) is 0.831. The van der Waals surface area contributed by atoms with E-state index in [-0.39, 0.29) is 12.0 Å². The number of likely N-dealkylation sites (tertiary alicyclic amines) is 1. The van der Waals surface area contributed by atoms with Gasteiger partial charge in [-0.2, -0.15) is 0 Å². The molecular weight excluding hydrogens is 256 g/mol. The van der Waals surface area contributed by atoms with Gasteiger partial charge in [0.1, 0.15) is 12.6 Å². The lowest BCUT2D eigenvalue weighted by atomic mass is 10.3. The molecule has 3 heterocycles. The Morgan fingerprint density at radius 2 is 2.20 bits per heavy atom.